The Labute approximate surface area is 89.0 Å². The van der Waals surface area contributed by atoms with Crippen LogP contribution < -0.4 is 4.74 Å². The fourth-order valence-electron chi connectivity index (χ4n) is 1.51. The van der Waals surface area contributed by atoms with Crippen LogP contribution in [0.15, 0.2) is 18.5 Å². The predicted octanol–water partition coefficient (Wildman–Crippen LogP) is 0.534. The molecule has 1 aliphatic rings. The van der Waals surface area contributed by atoms with Crippen LogP contribution in [0.1, 0.15) is 6.92 Å². The van der Waals surface area contributed by atoms with E-state index in [1.165, 1.54) is 0 Å². The van der Waals surface area contributed by atoms with Gasteiger partial charge < -0.3 is 9.47 Å². The molecule has 5 nitrogen and oxygen atoms in total. The zero-order valence-corrected chi connectivity index (χ0v) is 8.80. The fourth-order valence-corrected chi connectivity index (χ4v) is 1.51. The predicted molar refractivity (Wildman–Crippen MR) is 54.5 cm³/mol. The Bertz CT molecular complexity index is 288. The van der Waals surface area contributed by atoms with E-state index in [4.69, 9.17) is 9.47 Å². The SMILES string of the molecule is CC(Oc1ncccn1)N1CCOCC1. The molecule has 2 rings (SSSR count). The Kier molecular flexibility index (Phi) is 3.47. The third-order valence-electron chi connectivity index (χ3n) is 2.38. The zero-order chi connectivity index (χ0) is 10.5. The van der Waals surface area contributed by atoms with Gasteiger partial charge in [-0.15, -0.1) is 0 Å². The molecule has 0 aromatic carbocycles. The smallest absolute Gasteiger partial charge is 0.317 e. The first-order valence-electron chi connectivity index (χ1n) is 5.12. The molecular formula is C10H15N3O2. The van der Waals surface area contributed by atoms with Gasteiger partial charge in [0.1, 0.15) is 0 Å². The number of ether oxygens (including phenoxy) is 2. The van der Waals surface area contributed by atoms with E-state index in [1.54, 1.807) is 18.5 Å². The third-order valence-corrected chi connectivity index (χ3v) is 2.38. The van der Waals surface area contributed by atoms with Crippen molar-refractivity contribution in [2.24, 2.45) is 0 Å². The van der Waals surface area contributed by atoms with Crippen molar-refractivity contribution in [3.63, 3.8) is 0 Å². The molecule has 0 radical (unpaired) electrons. The van der Waals surface area contributed by atoms with Crippen LogP contribution >= 0.6 is 0 Å². The van der Waals surface area contributed by atoms with Crippen molar-refractivity contribution < 1.29 is 9.47 Å². The van der Waals surface area contributed by atoms with Crippen LogP contribution in [-0.2, 0) is 4.74 Å². The highest BCUT2D eigenvalue weighted by Gasteiger charge is 2.18. The van der Waals surface area contributed by atoms with Crippen LogP contribution in [0.3, 0.4) is 0 Å². The Morgan fingerprint density at radius 2 is 2.00 bits per heavy atom. The molecule has 0 saturated carbocycles. The molecule has 0 bridgehead atoms. The van der Waals surface area contributed by atoms with E-state index < -0.39 is 0 Å². The Morgan fingerprint density at radius 1 is 1.33 bits per heavy atom. The van der Waals surface area contributed by atoms with Crippen LogP contribution in [-0.4, -0.2) is 47.4 Å². The van der Waals surface area contributed by atoms with E-state index in [9.17, 15) is 0 Å². The van der Waals surface area contributed by atoms with Gasteiger partial charge in [-0.2, -0.15) is 0 Å². The molecule has 1 fully saturated rings. The second kappa shape index (κ2) is 5.04. The van der Waals surface area contributed by atoms with Gasteiger partial charge in [0, 0.05) is 25.5 Å². The van der Waals surface area contributed by atoms with Crippen molar-refractivity contribution in [3.8, 4) is 6.01 Å². The van der Waals surface area contributed by atoms with Gasteiger partial charge in [-0.3, -0.25) is 4.90 Å². The van der Waals surface area contributed by atoms with Gasteiger partial charge in [0.15, 0.2) is 6.23 Å². The summed E-state index contributed by atoms with van der Waals surface area (Å²) in [5.74, 6) is 0. The third kappa shape index (κ3) is 2.87. The number of nitrogens with zero attached hydrogens (tertiary/aromatic N) is 3. The van der Waals surface area contributed by atoms with Gasteiger partial charge >= 0.3 is 6.01 Å². The molecule has 0 spiro atoms. The van der Waals surface area contributed by atoms with Crippen LogP contribution in [0, 0.1) is 0 Å². The largest absolute Gasteiger partial charge is 0.444 e. The molecule has 1 unspecified atom stereocenters. The van der Waals surface area contributed by atoms with E-state index in [1.807, 2.05) is 6.92 Å². The summed E-state index contributed by atoms with van der Waals surface area (Å²) in [6.45, 7) is 5.33. The lowest BCUT2D eigenvalue weighted by molar-refractivity contribution is -0.0405. The van der Waals surface area contributed by atoms with Crippen molar-refractivity contribution in [1.82, 2.24) is 14.9 Å². The minimum Gasteiger partial charge on any atom is -0.444 e. The van der Waals surface area contributed by atoms with Gasteiger partial charge in [0.2, 0.25) is 0 Å². The molecule has 1 aromatic heterocycles. The van der Waals surface area contributed by atoms with Gasteiger partial charge in [-0.1, -0.05) is 0 Å². The average molecular weight is 209 g/mol. The molecule has 5 heteroatoms. The maximum atomic E-state index is 5.60. The first-order valence-corrected chi connectivity index (χ1v) is 5.12. The molecule has 1 aliphatic heterocycles. The van der Waals surface area contributed by atoms with Gasteiger partial charge in [0.05, 0.1) is 13.2 Å². The number of morpholine rings is 1. The summed E-state index contributed by atoms with van der Waals surface area (Å²) in [7, 11) is 0. The highest BCUT2D eigenvalue weighted by atomic mass is 16.5. The van der Waals surface area contributed by atoms with Crippen molar-refractivity contribution in [2.75, 3.05) is 26.3 Å². The Hall–Kier alpha value is -1.20. The number of hydrogen-bond donors (Lipinski definition) is 0. The zero-order valence-electron chi connectivity index (χ0n) is 8.80. The Balaban J connectivity index is 1.88. The number of rotatable bonds is 3. The molecule has 0 aliphatic carbocycles. The minimum absolute atomic E-state index is 0.00343. The lowest BCUT2D eigenvalue weighted by atomic mass is 10.4. The lowest BCUT2D eigenvalue weighted by Crippen LogP contribution is -2.44. The summed E-state index contributed by atoms with van der Waals surface area (Å²) >= 11 is 0. The summed E-state index contributed by atoms with van der Waals surface area (Å²) in [4.78, 5) is 10.3. The molecule has 0 amide bonds. The van der Waals surface area contributed by atoms with Crippen molar-refractivity contribution in [3.05, 3.63) is 18.5 Å². The molecule has 15 heavy (non-hydrogen) atoms. The van der Waals surface area contributed by atoms with Gasteiger partial charge in [-0.25, -0.2) is 9.97 Å². The van der Waals surface area contributed by atoms with Crippen LogP contribution in [0.25, 0.3) is 0 Å². The standard InChI is InChI=1S/C10H15N3O2/c1-9(13-5-7-14-8-6-13)15-10-11-3-2-4-12-10/h2-4,9H,5-8H2,1H3. The van der Waals surface area contributed by atoms with Crippen LogP contribution in [0.2, 0.25) is 0 Å². The first kappa shape index (κ1) is 10.3. The number of hydrogen-bond acceptors (Lipinski definition) is 5. The van der Waals surface area contributed by atoms with E-state index in [2.05, 4.69) is 14.9 Å². The topological polar surface area (TPSA) is 47.5 Å². The summed E-state index contributed by atoms with van der Waals surface area (Å²) in [6, 6.07) is 2.20. The quantitative estimate of drug-likeness (QED) is 0.727. The van der Waals surface area contributed by atoms with Crippen molar-refractivity contribution in [1.29, 1.82) is 0 Å². The summed E-state index contributed by atoms with van der Waals surface area (Å²) in [6.07, 6.45) is 3.35. The summed E-state index contributed by atoms with van der Waals surface area (Å²) in [5, 5.41) is 0. The van der Waals surface area contributed by atoms with E-state index >= 15 is 0 Å². The second-order valence-corrected chi connectivity index (χ2v) is 3.40. The molecule has 2 heterocycles. The Morgan fingerprint density at radius 3 is 2.67 bits per heavy atom. The highest BCUT2D eigenvalue weighted by Crippen LogP contribution is 2.08. The first-order chi connectivity index (χ1) is 7.36. The molecule has 0 N–H and O–H groups in total. The summed E-state index contributed by atoms with van der Waals surface area (Å²) in [5.41, 5.74) is 0. The normalized spacial score (nSPS) is 19.8. The van der Waals surface area contributed by atoms with Crippen LogP contribution in [0.5, 0.6) is 6.01 Å². The van der Waals surface area contributed by atoms with E-state index in [0.29, 0.717) is 6.01 Å². The van der Waals surface area contributed by atoms with E-state index in [-0.39, 0.29) is 6.23 Å². The molecule has 1 aromatic rings. The lowest BCUT2D eigenvalue weighted by Gasteiger charge is -2.31. The monoisotopic (exact) mass is 209 g/mol. The molecule has 82 valence electrons. The molecular weight excluding hydrogens is 194 g/mol. The van der Waals surface area contributed by atoms with Crippen LogP contribution in [0.4, 0.5) is 0 Å². The molecule has 1 saturated heterocycles. The van der Waals surface area contributed by atoms with Gasteiger partial charge in [0.25, 0.3) is 0 Å². The molecule has 1 atom stereocenters. The van der Waals surface area contributed by atoms with Gasteiger partial charge in [-0.05, 0) is 13.0 Å². The maximum Gasteiger partial charge on any atom is 0.317 e. The average Bonchev–Trinajstić information content (AvgIpc) is 2.31. The highest BCUT2D eigenvalue weighted by molar-refractivity contribution is 4.93. The minimum atomic E-state index is -0.00343. The fraction of sp³-hybridized carbons (Fsp3) is 0.600. The summed E-state index contributed by atoms with van der Waals surface area (Å²) < 4.78 is 10.9. The van der Waals surface area contributed by atoms with E-state index in [0.717, 1.165) is 26.3 Å². The maximum absolute atomic E-state index is 5.60. The van der Waals surface area contributed by atoms with Crippen molar-refractivity contribution >= 4 is 0 Å². The second-order valence-electron chi connectivity index (χ2n) is 3.40. The van der Waals surface area contributed by atoms with Crippen molar-refractivity contribution in [2.45, 2.75) is 13.2 Å². The number of aromatic nitrogens is 2.